The maximum Gasteiger partial charge on any atom is 0.180 e. The molecule has 88 valence electrons. The molecule has 2 aromatic heterocycles. The van der Waals surface area contributed by atoms with Crippen LogP contribution in [0.2, 0.25) is 0 Å². The van der Waals surface area contributed by atoms with E-state index in [1.54, 1.807) is 6.20 Å². The predicted octanol–water partition coefficient (Wildman–Crippen LogP) is 2.96. The predicted molar refractivity (Wildman–Crippen MR) is 72.0 cm³/mol. The minimum atomic E-state index is 0.638. The maximum absolute atomic E-state index is 4.43. The Bertz CT molecular complexity index is 554. The highest BCUT2D eigenvalue weighted by atomic mass is 79.9. The minimum Gasteiger partial charge on any atom is -0.372 e. The molecule has 0 aliphatic carbocycles. The molecule has 5 heteroatoms. The van der Waals surface area contributed by atoms with Gasteiger partial charge in [-0.15, -0.1) is 0 Å². The molecule has 0 atom stereocenters. The molecule has 0 spiro atoms. The van der Waals surface area contributed by atoms with Crippen molar-refractivity contribution in [2.45, 2.75) is 13.8 Å². The van der Waals surface area contributed by atoms with Gasteiger partial charge in [0.05, 0.1) is 10.2 Å². The molecule has 2 aromatic rings. The van der Waals surface area contributed by atoms with Crippen molar-refractivity contribution in [1.29, 1.82) is 0 Å². The second-order valence-corrected chi connectivity index (χ2v) is 4.56. The minimum absolute atomic E-state index is 0.638. The topological polar surface area (TPSA) is 50.7 Å². The Balaban J connectivity index is 2.56. The van der Waals surface area contributed by atoms with Gasteiger partial charge in [-0.3, -0.25) is 4.98 Å². The van der Waals surface area contributed by atoms with Crippen molar-refractivity contribution in [3.8, 4) is 11.5 Å². The first-order valence-electron chi connectivity index (χ1n) is 5.26. The molecule has 0 fully saturated rings. The summed E-state index contributed by atoms with van der Waals surface area (Å²) in [5.41, 5.74) is 2.82. The van der Waals surface area contributed by atoms with E-state index in [0.717, 1.165) is 27.2 Å². The molecule has 0 aliphatic heterocycles. The zero-order valence-corrected chi connectivity index (χ0v) is 11.5. The summed E-state index contributed by atoms with van der Waals surface area (Å²) < 4.78 is 0.886. The second-order valence-electron chi connectivity index (χ2n) is 3.76. The third kappa shape index (κ3) is 2.44. The number of pyridine rings is 1. The van der Waals surface area contributed by atoms with Crippen molar-refractivity contribution < 1.29 is 0 Å². The molecule has 0 radical (unpaired) electrons. The van der Waals surface area contributed by atoms with Gasteiger partial charge >= 0.3 is 0 Å². The van der Waals surface area contributed by atoms with Crippen LogP contribution in [-0.2, 0) is 0 Å². The van der Waals surface area contributed by atoms with Gasteiger partial charge in [0.15, 0.2) is 5.82 Å². The first-order chi connectivity index (χ1) is 8.11. The van der Waals surface area contributed by atoms with Crippen molar-refractivity contribution in [1.82, 2.24) is 15.0 Å². The van der Waals surface area contributed by atoms with E-state index in [1.807, 2.05) is 33.0 Å². The molecule has 0 saturated heterocycles. The summed E-state index contributed by atoms with van der Waals surface area (Å²) in [6.07, 6.45) is 1.77. The van der Waals surface area contributed by atoms with Gasteiger partial charge in [0.2, 0.25) is 0 Å². The van der Waals surface area contributed by atoms with Gasteiger partial charge in [0, 0.05) is 13.2 Å². The molecule has 0 saturated carbocycles. The molecule has 0 aromatic carbocycles. The monoisotopic (exact) mass is 292 g/mol. The van der Waals surface area contributed by atoms with E-state index in [0.29, 0.717) is 5.82 Å². The number of halogens is 1. The van der Waals surface area contributed by atoms with Crippen LogP contribution in [0.1, 0.15) is 11.3 Å². The number of aromatic nitrogens is 3. The van der Waals surface area contributed by atoms with Crippen LogP contribution in [0.3, 0.4) is 0 Å². The van der Waals surface area contributed by atoms with E-state index in [9.17, 15) is 0 Å². The molecular formula is C12H13BrN4. The van der Waals surface area contributed by atoms with E-state index in [1.165, 1.54) is 0 Å². The van der Waals surface area contributed by atoms with Crippen LogP contribution in [0, 0.1) is 13.8 Å². The Kier molecular flexibility index (Phi) is 3.38. The summed E-state index contributed by atoms with van der Waals surface area (Å²) in [6.45, 7) is 3.96. The first-order valence-corrected chi connectivity index (χ1v) is 6.06. The molecule has 2 heterocycles. The fourth-order valence-electron chi connectivity index (χ4n) is 1.50. The normalized spacial score (nSPS) is 10.4. The van der Waals surface area contributed by atoms with Crippen molar-refractivity contribution in [3.63, 3.8) is 0 Å². The summed E-state index contributed by atoms with van der Waals surface area (Å²) in [5, 5.41) is 3.04. The average Bonchev–Trinajstić information content (AvgIpc) is 2.32. The molecule has 17 heavy (non-hydrogen) atoms. The summed E-state index contributed by atoms with van der Waals surface area (Å²) >= 11 is 3.45. The Labute approximate surface area is 109 Å². The molecule has 0 aliphatic rings. The Morgan fingerprint density at radius 3 is 2.65 bits per heavy atom. The van der Waals surface area contributed by atoms with E-state index < -0.39 is 0 Å². The number of hydrogen-bond acceptors (Lipinski definition) is 4. The molecule has 0 unspecified atom stereocenters. The molecule has 2 rings (SSSR count). The standard InChI is InChI=1S/C12H13BrN4/c1-7-4-5-15-9(6-7)11-16-8(2)10(13)12(14-3)17-11/h4-6H,1-3H3,(H,14,16,17). The van der Waals surface area contributed by atoms with Crippen LogP contribution in [-0.4, -0.2) is 22.0 Å². The Morgan fingerprint density at radius 1 is 1.24 bits per heavy atom. The molecule has 0 amide bonds. The van der Waals surface area contributed by atoms with Gasteiger partial charge < -0.3 is 5.32 Å². The highest BCUT2D eigenvalue weighted by molar-refractivity contribution is 9.10. The molecule has 0 bridgehead atoms. The van der Waals surface area contributed by atoms with Crippen molar-refractivity contribution in [3.05, 3.63) is 34.1 Å². The Morgan fingerprint density at radius 2 is 2.00 bits per heavy atom. The van der Waals surface area contributed by atoms with Gasteiger partial charge in [-0.25, -0.2) is 9.97 Å². The number of rotatable bonds is 2. The summed E-state index contributed by atoms with van der Waals surface area (Å²) in [4.78, 5) is 13.2. The third-order valence-electron chi connectivity index (χ3n) is 2.40. The molecule has 1 N–H and O–H groups in total. The van der Waals surface area contributed by atoms with Gasteiger partial charge in [-0.2, -0.15) is 0 Å². The Hall–Kier alpha value is -1.49. The van der Waals surface area contributed by atoms with E-state index in [4.69, 9.17) is 0 Å². The van der Waals surface area contributed by atoms with Crippen LogP contribution >= 0.6 is 15.9 Å². The fraction of sp³-hybridized carbons (Fsp3) is 0.250. The van der Waals surface area contributed by atoms with Gasteiger partial charge in [-0.1, -0.05) is 0 Å². The SMILES string of the molecule is CNc1nc(-c2cc(C)ccn2)nc(C)c1Br. The van der Waals surface area contributed by atoms with Crippen LogP contribution in [0.5, 0.6) is 0 Å². The quantitative estimate of drug-likeness (QED) is 0.925. The average molecular weight is 293 g/mol. The van der Waals surface area contributed by atoms with Crippen molar-refractivity contribution >= 4 is 21.7 Å². The number of nitrogens with zero attached hydrogens (tertiary/aromatic N) is 3. The van der Waals surface area contributed by atoms with Crippen LogP contribution in [0.15, 0.2) is 22.8 Å². The third-order valence-corrected chi connectivity index (χ3v) is 3.35. The highest BCUT2D eigenvalue weighted by Crippen LogP contribution is 2.25. The molecular weight excluding hydrogens is 280 g/mol. The summed E-state index contributed by atoms with van der Waals surface area (Å²) in [5.74, 6) is 1.41. The van der Waals surface area contributed by atoms with Crippen LogP contribution < -0.4 is 5.32 Å². The number of aryl methyl sites for hydroxylation is 2. The lowest BCUT2D eigenvalue weighted by Crippen LogP contribution is -2.01. The lowest BCUT2D eigenvalue weighted by molar-refractivity contribution is 1.07. The summed E-state index contributed by atoms with van der Waals surface area (Å²) in [6, 6.07) is 3.93. The second kappa shape index (κ2) is 4.79. The zero-order valence-electron chi connectivity index (χ0n) is 9.95. The molecule has 4 nitrogen and oxygen atoms in total. The largest absolute Gasteiger partial charge is 0.372 e. The lowest BCUT2D eigenvalue weighted by Gasteiger charge is -2.08. The fourth-order valence-corrected chi connectivity index (χ4v) is 1.87. The van der Waals surface area contributed by atoms with E-state index in [-0.39, 0.29) is 0 Å². The van der Waals surface area contributed by atoms with Crippen LogP contribution in [0.4, 0.5) is 5.82 Å². The maximum atomic E-state index is 4.43. The van der Waals surface area contributed by atoms with Crippen molar-refractivity contribution in [2.75, 3.05) is 12.4 Å². The smallest absolute Gasteiger partial charge is 0.180 e. The number of nitrogens with one attached hydrogen (secondary N) is 1. The van der Waals surface area contributed by atoms with Gasteiger partial charge in [0.25, 0.3) is 0 Å². The van der Waals surface area contributed by atoms with E-state index >= 15 is 0 Å². The van der Waals surface area contributed by atoms with Gasteiger partial charge in [0.1, 0.15) is 11.5 Å². The van der Waals surface area contributed by atoms with Crippen LogP contribution in [0.25, 0.3) is 11.5 Å². The zero-order chi connectivity index (χ0) is 12.4. The first kappa shape index (κ1) is 12.0. The van der Waals surface area contributed by atoms with E-state index in [2.05, 4.69) is 36.2 Å². The highest BCUT2D eigenvalue weighted by Gasteiger charge is 2.10. The number of hydrogen-bond donors (Lipinski definition) is 1. The van der Waals surface area contributed by atoms with Gasteiger partial charge in [-0.05, 0) is 47.5 Å². The summed E-state index contributed by atoms with van der Waals surface area (Å²) in [7, 11) is 1.83. The number of anilines is 1. The van der Waals surface area contributed by atoms with Crippen molar-refractivity contribution in [2.24, 2.45) is 0 Å². The lowest BCUT2D eigenvalue weighted by atomic mass is 10.2.